The van der Waals surface area contributed by atoms with Crippen LogP contribution in [0.25, 0.3) is 0 Å². The quantitative estimate of drug-likeness (QED) is 0.478. The summed E-state index contributed by atoms with van der Waals surface area (Å²) >= 11 is 5.15. The molecule has 0 aromatic heterocycles. The molecule has 140 valence electrons. The molecule has 2 aromatic carbocycles. The number of nitrogens with two attached hydrogens (primary N) is 1. The molecule has 1 unspecified atom stereocenters. The predicted octanol–water partition coefficient (Wildman–Crippen LogP) is 3.01. The molecule has 0 aliphatic carbocycles. The average Bonchev–Trinajstić information content (AvgIpc) is 3.13. The smallest absolute Gasteiger partial charge is 0.269 e. The highest BCUT2D eigenvalue weighted by molar-refractivity contribution is 7.80. The van der Waals surface area contributed by atoms with Crippen LogP contribution in [0.1, 0.15) is 23.6 Å². The van der Waals surface area contributed by atoms with Crippen molar-refractivity contribution in [2.45, 2.75) is 12.5 Å². The molecule has 3 rings (SSSR count). The van der Waals surface area contributed by atoms with Gasteiger partial charge in [0.2, 0.25) is 0 Å². The summed E-state index contributed by atoms with van der Waals surface area (Å²) in [4.78, 5) is 10.4. The molecule has 27 heavy (non-hydrogen) atoms. The lowest BCUT2D eigenvalue weighted by molar-refractivity contribution is -0.384. The number of hydrazone groups is 1. The number of ether oxygens (including phenoxy) is 2. The Morgan fingerprint density at radius 3 is 2.44 bits per heavy atom. The molecule has 1 aliphatic heterocycles. The number of rotatable bonds is 5. The molecule has 0 saturated heterocycles. The van der Waals surface area contributed by atoms with Crippen molar-refractivity contribution in [2.75, 3.05) is 14.2 Å². The van der Waals surface area contributed by atoms with Gasteiger partial charge in [-0.1, -0.05) is 6.07 Å². The summed E-state index contributed by atoms with van der Waals surface area (Å²) in [6, 6.07) is 11.6. The average molecular weight is 386 g/mol. The van der Waals surface area contributed by atoms with Crippen LogP contribution in [0, 0.1) is 10.1 Å². The van der Waals surface area contributed by atoms with Gasteiger partial charge in [0.25, 0.3) is 5.69 Å². The molecule has 0 bridgehead atoms. The van der Waals surface area contributed by atoms with E-state index in [9.17, 15) is 10.1 Å². The number of benzene rings is 2. The number of nitro groups is 1. The first-order chi connectivity index (χ1) is 12.9. The van der Waals surface area contributed by atoms with Crippen molar-refractivity contribution in [3.63, 3.8) is 0 Å². The zero-order chi connectivity index (χ0) is 19.6. The van der Waals surface area contributed by atoms with E-state index in [1.807, 2.05) is 18.2 Å². The third-order valence-corrected chi connectivity index (χ3v) is 4.53. The van der Waals surface area contributed by atoms with Gasteiger partial charge in [-0.25, -0.2) is 5.01 Å². The number of methoxy groups -OCH3 is 2. The van der Waals surface area contributed by atoms with E-state index in [0.29, 0.717) is 17.9 Å². The molecule has 0 fully saturated rings. The topological polar surface area (TPSA) is 103 Å². The van der Waals surface area contributed by atoms with Crippen molar-refractivity contribution in [1.82, 2.24) is 5.01 Å². The fourth-order valence-electron chi connectivity index (χ4n) is 2.98. The Morgan fingerprint density at radius 2 is 1.89 bits per heavy atom. The van der Waals surface area contributed by atoms with Gasteiger partial charge in [-0.15, -0.1) is 0 Å². The molecule has 0 radical (unpaired) electrons. The van der Waals surface area contributed by atoms with Crippen LogP contribution in [-0.2, 0) is 0 Å². The number of nitrogens with zero attached hydrogens (tertiary/aromatic N) is 3. The highest BCUT2D eigenvalue weighted by Gasteiger charge is 2.31. The number of non-ortho nitro benzene ring substituents is 1. The van der Waals surface area contributed by atoms with Gasteiger partial charge >= 0.3 is 0 Å². The SMILES string of the molecule is COc1ccc(C2CC(c3ccc([N+](=O)[O-])cc3)=NN2C(N)=S)cc1OC. The van der Waals surface area contributed by atoms with Crippen molar-refractivity contribution in [1.29, 1.82) is 0 Å². The van der Waals surface area contributed by atoms with Gasteiger partial charge in [0.1, 0.15) is 0 Å². The third kappa shape index (κ3) is 3.68. The maximum atomic E-state index is 10.8. The molecule has 8 nitrogen and oxygen atoms in total. The van der Waals surface area contributed by atoms with Crippen LogP contribution in [0.5, 0.6) is 11.5 Å². The lowest BCUT2D eigenvalue weighted by Crippen LogP contribution is -2.31. The summed E-state index contributed by atoms with van der Waals surface area (Å²) in [5.74, 6) is 1.22. The van der Waals surface area contributed by atoms with Crippen LogP contribution in [0.3, 0.4) is 0 Å². The van der Waals surface area contributed by atoms with Gasteiger partial charge in [0, 0.05) is 18.6 Å². The number of nitro benzene ring substituents is 1. The lowest BCUT2D eigenvalue weighted by Gasteiger charge is -2.22. The molecular formula is C18H18N4O4S. The van der Waals surface area contributed by atoms with Crippen molar-refractivity contribution in [3.8, 4) is 11.5 Å². The molecule has 2 aromatic rings. The summed E-state index contributed by atoms with van der Waals surface area (Å²) in [5.41, 5.74) is 8.34. The van der Waals surface area contributed by atoms with Crippen LogP contribution >= 0.6 is 12.2 Å². The standard InChI is InChI=1S/C18H18N4O4S/c1-25-16-8-5-12(9-17(16)26-2)15-10-14(20-21(15)18(19)27)11-3-6-13(7-4-11)22(23)24/h3-9,15H,10H2,1-2H3,(H2,19,27). The zero-order valence-corrected chi connectivity index (χ0v) is 15.6. The first kappa shape index (κ1) is 18.6. The number of hydrogen-bond donors (Lipinski definition) is 1. The van der Waals surface area contributed by atoms with Gasteiger partial charge in [0.05, 0.1) is 30.9 Å². The van der Waals surface area contributed by atoms with Crippen LogP contribution < -0.4 is 15.2 Å². The maximum Gasteiger partial charge on any atom is 0.269 e. The Morgan fingerprint density at radius 1 is 1.22 bits per heavy atom. The fraction of sp³-hybridized carbons (Fsp3) is 0.222. The fourth-order valence-corrected chi connectivity index (χ4v) is 3.15. The molecule has 1 aliphatic rings. The van der Waals surface area contributed by atoms with Crippen molar-refractivity contribution < 1.29 is 14.4 Å². The Labute approximate surface area is 161 Å². The highest BCUT2D eigenvalue weighted by Crippen LogP contribution is 2.37. The summed E-state index contributed by atoms with van der Waals surface area (Å²) in [5, 5.41) is 17.1. The largest absolute Gasteiger partial charge is 0.493 e. The Kier molecular flexibility index (Phi) is 5.22. The molecule has 2 N–H and O–H groups in total. The normalized spacial score (nSPS) is 16.0. The predicted molar refractivity (Wildman–Crippen MR) is 105 cm³/mol. The number of hydrogen-bond acceptors (Lipinski definition) is 6. The molecule has 1 heterocycles. The molecule has 9 heteroatoms. The summed E-state index contributed by atoms with van der Waals surface area (Å²) in [6.07, 6.45) is 0.546. The Bertz CT molecular complexity index is 914. The van der Waals surface area contributed by atoms with E-state index in [0.717, 1.165) is 16.8 Å². The van der Waals surface area contributed by atoms with Crippen LogP contribution in [0.4, 0.5) is 5.69 Å². The highest BCUT2D eigenvalue weighted by atomic mass is 32.1. The Balaban J connectivity index is 1.92. The molecular weight excluding hydrogens is 368 g/mol. The first-order valence-corrected chi connectivity index (χ1v) is 8.48. The van der Waals surface area contributed by atoms with E-state index in [1.165, 1.54) is 12.1 Å². The summed E-state index contributed by atoms with van der Waals surface area (Å²) in [7, 11) is 3.14. The zero-order valence-electron chi connectivity index (χ0n) is 14.8. The minimum atomic E-state index is -0.437. The van der Waals surface area contributed by atoms with Crippen LogP contribution in [-0.4, -0.2) is 35.0 Å². The molecule has 0 spiro atoms. The Hall–Kier alpha value is -3.20. The second-order valence-corrected chi connectivity index (χ2v) is 6.29. The van der Waals surface area contributed by atoms with E-state index in [-0.39, 0.29) is 16.8 Å². The van der Waals surface area contributed by atoms with Gasteiger partial charge < -0.3 is 15.2 Å². The lowest BCUT2D eigenvalue weighted by atomic mass is 9.98. The van der Waals surface area contributed by atoms with E-state index >= 15 is 0 Å². The summed E-state index contributed by atoms with van der Waals surface area (Å²) < 4.78 is 10.6. The summed E-state index contributed by atoms with van der Waals surface area (Å²) in [6.45, 7) is 0. The minimum absolute atomic E-state index is 0.0278. The third-order valence-electron chi connectivity index (χ3n) is 4.34. The van der Waals surface area contributed by atoms with Crippen molar-refractivity contribution >= 4 is 28.7 Å². The van der Waals surface area contributed by atoms with E-state index < -0.39 is 4.92 Å². The number of thiocarbonyl (C=S) groups is 1. The van der Waals surface area contributed by atoms with Gasteiger partial charge in [0.15, 0.2) is 16.6 Å². The monoisotopic (exact) mass is 386 g/mol. The van der Waals surface area contributed by atoms with E-state index in [1.54, 1.807) is 31.4 Å². The second kappa shape index (κ2) is 7.58. The van der Waals surface area contributed by atoms with E-state index in [4.69, 9.17) is 27.4 Å². The first-order valence-electron chi connectivity index (χ1n) is 8.07. The molecule has 0 amide bonds. The van der Waals surface area contributed by atoms with Crippen molar-refractivity contribution in [3.05, 3.63) is 63.7 Å². The van der Waals surface area contributed by atoms with Crippen molar-refractivity contribution in [2.24, 2.45) is 10.8 Å². The minimum Gasteiger partial charge on any atom is -0.493 e. The van der Waals surface area contributed by atoms with Gasteiger partial charge in [-0.2, -0.15) is 5.10 Å². The van der Waals surface area contributed by atoms with Gasteiger partial charge in [-0.05, 0) is 47.6 Å². The second-order valence-electron chi connectivity index (χ2n) is 5.87. The van der Waals surface area contributed by atoms with E-state index in [2.05, 4.69) is 5.10 Å². The molecule has 0 saturated carbocycles. The maximum absolute atomic E-state index is 10.8. The van der Waals surface area contributed by atoms with Gasteiger partial charge in [-0.3, -0.25) is 10.1 Å². The van der Waals surface area contributed by atoms with Crippen LogP contribution in [0.2, 0.25) is 0 Å². The van der Waals surface area contributed by atoms with Crippen LogP contribution in [0.15, 0.2) is 47.6 Å². The molecule has 1 atom stereocenters.